The largest absolute Gasteiger partial charge is 0.0990 e. The molecule has 0 unspecified atom stereocenters. The average molecular weight is 218 g/mol. The highest BCUT2D eigenvalue weighted by Gasteiger charge is 1.97. The maximum atomic E-state index is 3.80. The lowest BCUT2D eigenvalue weighted by Crippen LogP contribution is -1.87. The van der Waals surface area contributed by atoms with Gasteiger partial charge in [0, 0.05) is 0 Å². The van der Waals surface area contributed by atoms with Gasteiger partial charge in [-0.25, -0.2) is 0 Å². The quantitative estimate of drug-likeness (QED) is 0.537. The number of hydrogen-bond acceptors (Lipinski definition) is 0. The molecule has 0 aliphatic carbocycles. The third-order valence-electron chi connectivity index (χ3n) is 1.71. The smallest absolute Gasteiger partial charge is 0.0193 e. The lowest BCUT2D eigenvalue weighted by molar-refractivity contribution is 0.827. The Bertz CT molecular complexity index is 272. The minimum Gasteiger partial charge on any atom is -0.0990 e. The summed E-state index contributed by atoms with van der Waals surface area (Å²) in [6, 6.07) is 0. The summed E-state index contributed by atoms with van der Waals surface area (Å²) in [4.78, 5) is 0. The number of allylic oxidation sites excluding steroid dienone is 8. The van der Waals surface area contributed by atoms with Crippen LogP contribution in [0.5, 0.6) is 0 Å². The van der Waals surface area contributed by atoms with Crippen LogP contribution in [-0.4, -0.2) is 0 Å². The molecule has 0 saturated carbocycles. The fraction of sp³-hybridized carbons (Fsp3) is 0.375. The third kappa shape index (κ3) is 8.05. The Morgan fingerprint density at radius 3 is 1.94 bits per heavy atom. The first-order chi connectivity index (χ1) is 7.65. The third-order valence-corrected chi connectivity index (χ3v) is 1.71. The van der Waals surface area contributed by atoms with Gasteiger partial charge in [0.25, 0.3) is 0 Å². The number of rotatable bonds is 5. The molecule has 0 nitrogen and oxygen atoms in total. The summed E-state index contributed by atoms with van der Waals surface area (Å²) in [5.74, 6) is 0.536. The number of hydrogen-bond donors (Lipinski definition) is 0. The monoisotopic (exact) mass is 218 g/mol. The minimum absolute atomic E-state index is 0.536. The molecule has 0 rings (SSSR count). The first kappa shape index (κ1) is 17.1. The summed E-state index contributed by atoms with van der Waals surface area (Å²) in [7, 11) is 0. The van der Waals surface area contributed by atoms with Crippen LogP contribution < -0.4 is 0 Å². The second-order valence-corrected chi connectivity index (χ2v) is 3.43. The van der Waals surface area contributed by atoms with Crippen molar-refractivity contribution in [2.75, 3.05) is 0 Å². The van der Waals surface area contributed by atoms with E-state index < -0.39 is 0 Å². The fourth-order valence-electron chi connectivity index (χ4n) is 1.20. The van der Waals surface area contributed by atoms with Crippen LogP contribution in [0.2, 0.25) is 0 Å². The molecular formula is C16H26. The maximum absolute atomic E-state index is 3.80. The van der Waals surface area contributed by atoms with Crippen molar-refractivity contribution in [1.29, 1.82) is 0 Å². The van der Waals surface area contributed by atoms with E-state index >= 15 is 0 Å². The normalized spacial score (nSPS) is 12.4. The van der Waals surface area contributed by atoms with Gasteiger partial charge < -0.3 is 0 Å². The summed E-state index contributed by atoms with van der Waals surface area (Å²) in [6.45, 7) is 17.8. The topological polar surface area (TPSA) is 0 Å². The SMILES string of the molecule is C=C\C=C(C=C)/C(/C=C\C)=C\C(C)C.CC. The van der Waals surface area contributed by atoms with Crippen molar-refractivity contribution < 1.29 is 0 Å². The van der Waals surface area contributed by atoms with Gasteiger partial charge in [-0.15, -0.1) is 0 Å². The van der Waals surface area contributed by atoms with Crippen LogP contribution in [-0.2, 0) is 0 Å². The highest BCUT2D eigenvalue weighted by Crippen LogP contribution is 2.15. The van der Waals surface area contributed by atoms with Gasteiger partial charge in [0.2, 0.25) is 0 Å². The van der Waals surface area contributed by atoms with E-state index in [1.807, 2.05) is 39.0 Å². The first-order valence-electron chi connectivity index (χ1n) is 5.95. The van der Waals surface area contributed by atoms with E-state index in [0.717, 1.165) is 5.57 Å². The molecule has 0 radical (unpaired) electrons. The van der Waals surface area contributed by atoms with Crippen molar-refractivity contribution in [3.63, 3.8) is 0 Å². The Hall–Kier alpha value is -1.30. The average Bonchev–Trinajstić information content (AvgIpc) is 2.27. The Morgan fingerprint density at radius 1 is 1.06 bits per heavy atom. The lowest BCUT2D eigenvalue weighted by Gasteiger charge is -2.05. The van der Waals surface area contributed by atoms with E-state index in [4.69, 9.17) is 0 Å². The second-order valence-electron chi connectivity index (χ2n) is 3.43. The van der Waals surface area contributed by atoms with Crippen molar-refractivity contribution in [2.45, 2.75) is 34.6 Å². The van der Waals surface area contributed by atoms with Crippen LogP contribution in [0.1, 0.15) is 34.6 Å². The summed E-state index contributed by atoms with van der Waals surface area (Å²) in [6.07, 6.45) is 12.0. The van der Waals surface area contributed by atoms with E-state index in [9.17, 15) is 0 Å². The maximum Gasteiger partial charge on any atom is -0.0193 e. The Morgan fingerprint density at radius 2 is 1.62 bits per heavy atom. The molecule has 0 saturated heterocycles. The van der Waals surface area contributed by atoms with Crippen molar-refractivity contribution in [3.05, 3.63) is 60.8 Å². The molecule has 0 spiro atoms. The van der Waals surface area contributed by atoms with Gasteiger partial charge in [-0.3, -0.25) is 0 Å². The van der Waals surface area contributed by atoms with Crippen LogP contribution in [0, 0.1) is 5.92 Å². The lowest BCUT2D eigenvalue weighted by atomic mass is 10.0. The van der Waals surface area contributed by atoms with E-state index in [0.29, 0.717) is 5.92 Å². The predicted octanol–water partition coefficient (Wildman–Crippen LogP) is 5.47. The van der Waals surface area contributed by atoms with Gasteiger partial charge in [0.1, 0.15) is 0 Å². The van der Waals surface area contributed by atoms with Crippen LogP contribution >= 0.6 is 0 Å². The molecule has 0 aromatic carbocycles. The van der Waals surface area contributed by atoms with Gasteiger partial charge in [-0.05, 0) is 24.0 Å². The molecule has 0 aromatic heterocycles. The summed E-state index contributed by atoms with van der Waals surface area (Å²) in [5.41, 5.74) is 2.32. The Kier molecular flexibility index (Phi) is 12.6. The zero-order valence-corrected chi connectivity index (χ0v) is 11.5. The van der Waals surface area contributed by atoms with Crippen LogP contribution in [0.25, 0.3) is 0 Å². The van der Waals surface area contributed by atoms with Gasteiger partial charge in [-0.1, -0.05) is 77.3 Å². The summed E-state index contributed by atoms with van der Waals surface area (Å²) in [5, 5.41) is 0. The zero-order valence-electron chi connectivity index (χ0n) is 11.5. The standard InChI is InChI=1S/C14H20.C2H6/c1-6-9-13(8-3)14(10-7-2)11-12(4)5;1-2/h6-12H,1,3H2,2,4-5H3;1-2H3/b10-7-,13-9-,14-11-;. The zero-order chi connectivity index (χ0) is 13.0. The minimum atomic E-state index is 0.536. The molecule has 0 aliphatic heterocycles. The van der Waals surface area contributed by atoms with Crippen molar-refractivity contribution in [3.8, 4) is 0 Å². The van der Waals surface area contributed by atoms with Crippen LogP contribution in [0.3, 0.4) is 0 Å². The van der Waals surface area contributed by atoms with Gasteiger partial charge in [0.05, 0.1) is 0 Å². The van der Waals surface area contributed by atoms with E-state index in [-0.39, 0.29) is 0 Å². The van der Waals surface area contributed by atoms with E-state index in [2.05, 4.69) is 39.2 Å². The Labute approximate surface area is 102 Å². The molecule has 0 amide bonds. The first-order valence-corrected chi connectivity index (χ1v) is 5.95. The molecule has 0 N–H and O–H groups in total. The summed E-state index contributed by atoms with van der Waals surface area (Å²) >= 11 is 0. The highest BCUT2D eigenvalue weighted by atomic mass is 14.0. The van der Waals surface area contributed by atoms with Gasteiger partial charge in [-0.2, -0.15) is 0 Å². The molecule has 16 heavy (non-hydrogen) atoms. The molecule has 0 aromatic rings. The molecule has 0 fully saturated rings. The fourth-order valence-corrected chi connectivity index (χ4v) is 1.20. The molecule has 0 heteroatoms. The van der Waals surface area contributed by atoms with E-state index in [1.165, 1.54) is 5.57 Å². The van der Waals surface area contributed by atoms with Gasteiger partial charge in [0.15, 0.2) is 0 Å². The Balaban J connectivity index is 0. The van der Waals surface area contributed by atoms with Crippen molar-refractivity contribution >= 4 is 0 Å². The molecule has 0 bridgehead atoms. The molecular weight excluding hydrogens is 192 g/mol. The summed E-state index contributed by atoms with van der Waals surface area (Å²) < 4.78 is 0. The van der Waals surface area contributed by atoms with Crippen LogP contribution in [0.4, 0.5) is 0 Å². The predicted molar refractivity (Wildman–Crippen MR) is 77.6 cm³/mol. The van der Waals surface area contributed by atoms with Gasteiger partial charge >= 0.3 is 0 Å². The van der Waals surface area contributed by atoms with E-state index in [1.54, 1.807) is 6.08 Å². The molecule has 0 atom stereocenters. The van der Waals surface area contributed by atoms with Crippen molar-refractivity contribution in [2.24, 2.45) is 5.92 Å². The van der Waals surface area contributed by atoms with Crippen LogP contribution in [0.15, 0.2) is 60.8 Å². The highest BCUT2D eigenvalue weighted by molar-refractivity contribution is 5.47. The molecule has 0 heterocycles. The second kappa shape index (κ2) is 11.8. The molecule has 90 valence electrons. The molecule has 0 aliphatic rings. The van der Waals surface area contributed by atoms with Crippen molar-refractivity contribution in [1.82, 2.24) is 0 Å².